The maximum absolute atomic E-state index is 10.6. The van der Waals surface area contributed by atoms with Crippen LogP contribution in [0.3, 0.4) is 0 Å². The van der Waals surface area contributed by atoms with Crippen molar-refractivity contribution in [1.29, 1.82) is 0 Å². The minimum Gasteiger partial charge on any atom is -0.449 e. The zero-order chi connectivity index (χ0) is 11.3. The summed E-state index contributed by atoms with van der Waals surface area (Å²) in [7, 11) is 0. The molecular formula is C11H12O4. The molecule has 4 nitrogen and oxygen atoms in total. The van der Waals surface area contributed by atoms with Gasteiger partial charge < -0.3 is 9.84 Å². The Morgan fingerprint density at radius 1 is 1.47 bits per heavy atom. The highest BCUT2D eigenvalue weighted by molar-refractivity contribution is 5.76. The van der Waals surface area contributed by atoms with E-state index in [9.17, 15) is 9.59 Å². The van der Waals surface area contributed by atoms with Crippen LogP contribution in [0.2, 0.25) is 0 Å². The second-order valence-corrected chi connectivity index (χ2v) is 3.15. The van der Waals surface area contributed by atoms with Crippen LogP contribution in [0.5, 0.6) is 5.75 Å². The molecule has 4 heteroatoms. The van der Waals surface area contributed by atoms with Crippen molar-refractivity contribution in [3.05, 3.63) is 29.3 Å². The molecule has 0 radical (unpaired) electrons. The topological polar surface area (TPSA) is 63.6 Å². The minimum absolute atomic E-state index is 0.190. The monoisotopic (exact) mass is 208 g/mol. The summed E-state index contributed by atoms with van der Waals surface area (Å²) in [4.78, 5) is 20.9. The summed E-state index contributed by atoms with van der Waals surface area (Å²) in [6, 6.07) is 4.76. The van der Waals surface area contributed by atoms with Crippen molar-refractivity contribution >= 4 is 12.4 Å². The van der Waals surface area contributed by atoms with Gasteiger partial charge in [-0.1, -0.05) is 13.3 Å². The van der Waals surface area contributed by atoms with E-state index in [2.05, 4.69) is 4.74 Å². The van der Waals surface area contributed by atoms with E-state index in [0.717, 1.165) is 18.4 Å². The Kier molecular flexibility index (Phi) is 3.85. The molecule has 0 aliphatic heterocycles. The molecule has 0 amide bonds. The standard InChI is InChI=1S/C11H12O4/c1-2-3-8-4-9(7-12)6-10(5-8)15-11(13)14/h4-7H,2-3H2,1H3,(H,13,14). The molecule has 0 saturated carbocycles. The van der Waals surface area contributed by atoms with Crippen molar-refractivity contribution in [2.24, 2.45) is 0 Å². The van der Waals surface area contributed by atoms with Gasteiger partial charge in [0.2, 0.25) is 0 Å². The molecule has 0 fully saturated rings. The molecule has 15 heavy (non-hydrogen) atoms. The molecule has 0 unspecified atom stereocenters. The third-order valence-corrected chi connectivity index (χ3v) is 1.87. The van der Waals surface area contributed by atoms with Gasteiger partial charge in [-0.3, -0.25) is 4.79 Å². The van der Waals surface area contributed by atoms with E-state index in [1.54, 1.807) is 12.1 Å². The number of benzene rings is 1. The Morgan fingerprint density at radius 2 is 2.20 bits per heavy atom. The zero-order valence-corrected chi connectivity index (χ0v) is 8.40. The van der Waals surface area contributed by atoms with Crippen LogP contribution in [0, 0.1) is 0 Å². The van der Waals surface area contributed by atoms with E-state index in [4.69, 9.17) is 5.11 Å². The van der Waals surface area contributed by atoms with Gasteiger partial charge in [0.1, 0.15) is 12.0 Å². The Balaban J connectivity index is 2.99. The zero-order valence-electron chi connectivity index (χ0n) is 8.40. The molecule has 1 N–H and O–H groups in total. The van der Waals surface area contributed by atoms with Crippen LogP contribution in [0.25, 0.3) is 0 Å². The van der Waals surface area contributed by atoms with Crippen molar-refractivity contribution in [2.75, 3.05) is 0 Å². The Hall–Kier alpha value is -1.84. The molecule has 0 saturated heterocycles. The smallest absolute Gasteiger partial charge is 0.449 e. The van der Waals surface area contributed by atoms with Crippen LogP contribution in [0.4, 0.5) is 4.79 Å². The fourth-order valence-corrected chi connectivity index (χ4v) is 1.35. The fraction of sp³-hybridized carbons (Fsp3) is 0.273. The summed E-state index contributed by atoms with van der Waals surface area (Å²) in [6.07, 6.45) is 1.01. The van der Waals surface area contributed by atoms with E-state index in [0.29, 0.717) is 11.8 Å². The second kappa shape index (κ2) is 5.14. The van der Waals surface area contributed by atoms with Crippen LogP contribution in [0.1, 0.15) is 29.3 Å². The SMILES string of the molecule is CCCc1cc(C=O)cc(OC(=O)O)c1. The van der Waals surface area contributed by atoms with Gasteiger partial charge in [-0.25, -0.2) is 4.79 Å². The second-order valence-electron chi connectivity index (χ2n) is 3.15. The molecule has 0 spiro atoms. The molecule has 0 aliphatic rings. The van der Waals surface area contributed by atoms with Gasteiger partial charge in [0, 0.05) is 5.56 Å². The normalized spacial score (nSPS) is 9.67. The van der Waals surface area contributed by atoms with Crippen molar-refractivity contribution in [2.45, 2.75) is 19.8 Å². The lowest BCUT2D eigenvalue weighted by atomic mass is 10.1. The van der Waals surface area contributed by atoms with Gasteiger partial charge in [-0.15, -0.1) is 0 Å². The number of aldehydes is 1. The first-order valence-electron chi connectivity index (χ1n) is 4.65. The van der Waals surface area contributed by atoms with E-state index in [1.807, 2.05) is 6.92 Å². The number of carbonyl (C=O) groups is 2. The number of hydrogen-bond donors (Lipinski definition) is 1. The summed E-state index contributed by atoms with van der Waals surface area (Å²) in [5, 5.41) is 8.44. The molecule has 0 aromatic heterocycles. The average Bonchev–Trinajstić information content (AvgIpc) is 2.16. The quantitative estimate of drug-likeness (QED) is 0.469. The molecule has 0 aliphatic carbocycles. The fourth-order valence-electron chi connectivity index (χ4n) is 1.35. The van der Waals surface area contributed by atoms with E-state index < -0.39 is 6.16 Å². The highest BCUT2D eigenvalue weighted by Gasteiger charge is 2.04. The average molecular weight is 208 g/mol. The van der Waals surface area contributed by atoms with Crippen LogP contribution in [0.15, 0.2) is 18.2 Å². The number of carbonyl (C=O) groups excluding carboxylic acids is 1. The number of aryl methyl sites for hydroxylation is 1. The van der Waals surface area contributed by atoms with Crippen molar-refractivity contribution in [1.82, 2.24) is 0 Å². The number of hydrogen-bond acceptors (Lipinski definition) is 3. The summed E-state index contributed by atoms with van der Waals surface area (Å²) in [5.41, 5.74) is 1.33. The largest absolute Gasteiger partial charge is 0.511 e. The van der Waals surface area contributed by atoms with E-state index in [-0.39, 0.29) is 5.75 Å². The first-order valence-corrected chi connectivity index (χ1v) is 4.65. The summed E-state index contributed by atoms with van der Waals surface area (Å²) >= 11 is 0. The lowest BCUT2D eigenvalue weighted by molar-refractivity contribution is 0.112. The Labute approximate surface area is 87.5 Å². The van der Waals surface area contributed by atoms with Gasteiger partial charge >= 0.3 is 6.16 Å². The number of ether oxygens (including phenoxy) is 1. The minimum atomic E-state index is -1.37. The van der Waals surface area contributed by atoms with Gasteiger partial charge in [-0.2, -0.15) is 0 Å². The van der Waals surface area contributed by atoms with E-state index >= 15 is 0 Å². The maximum atomic E-state index is 10.6. The van der Waals surface area contributed by atoms with Gasteiger partial charge in [0.05, 0.1) is 0 Å². The van der Waals surface area contributed by atoms with Crippen molar-refractivity contribution < 1.29 is 19.4 Å². The summed E-state index contributed by atoms with van der Waals surface area (Å²) in [6.45, 7) is 2.01. The molecule has 0 bridgehead atoms. The molecule has 1 rings (SSSR count). The summed E-state index contributed by atoms with van der Waals surface area (Å²) in [5.74, 6) is 0.190. The molecule has 80 valence electrons. The number of rotatable bonds is 4. The van der Waals surface area contributed by atoms with Crippen LogP contribution in [-0.2, 0) is 6.42 Å². The first-order chi connectivity index (χ1) is 7.15. The molecule has 1 aromatic rings. The predicted octanol–water partition coefficient (Wildman–Crippen LogP) is 2.51. The first kappa shape index (κ1) is 11.2. The van der Waals surface area contributed by atoms with E-state index in [1.165, 1.54) is 6.07 Å². The van der Waals surface area contributed by atoms with Gasteiger partial charge in [0.15, 0.2) is 0 Å². The maximum Gasteiger partial charge on any atom is 0.511 e. The third kappa shape index (κ3) is 3.42. The highest BCUT2D eigenvalue weighted by Crippen LogP contribution is 2.17. The molecular weight excluding hydrogens is 196 g/mol. The molecule has 1 aromatic carbocycles. The third-order valence-electron chi connectivity index (χ3n) is 1.87. The van der Waals surface area contributed by atoms with Crippen molar-refractivity contribution in [3.63, 3.8) is 0 Å². The molecule has 0 heterocycles. The Bertz CT molecular complexity index is 371. The van der Waals surface area contributed by atoms with Gasteiger partial charge in [-0.05, 0) is 30.2 Å². The molecule has 0 atom stereocenters. The number of carboxylic acid groups (broad SMARTS) is 1. The van der Waals surface area contributed by atoms with Crippen LogP contribution >= 0.6 is 0 Å². The van der Waals surface area contributed by atoms with Gasteiger partial charge in [0.25, 0.3) is 0 Å². The van der Waals surface area contributed by atoms with Crippen LogP contribution in [-0.4, -0.2) is 17.5 Å². The summed E-state index contributed by atoms with van der Waals surface area (Å²) < 4.78 is 4.50. The highest BCUT2D eigenvalue weighted by atomic mass is 16.7. The van der Waals surface area contributed by atoms with Crippen LogP contribution < -0.4 is 4.74 Å². The Morgan fingerprint density at radius 3 is 2.73 bits per heavy atom. The predicted molar refractivity (Wildman–Crippen MR) is 54.5 cm³/mol. The van der Waals surface area contributed by atoms with Crippen molar-refractivity contribution in [3.8, 4) is 5.75 Å². The lowest BCUT2D eigenvalue weighted by Crippen LogP contribution is -2.04. The lowest BCUT2D eigenvalue weighted by Gasteiger charge is -2.04.